The first-order chi connectivity index (χ1) is 8.81. The maximum absolute atomic E-state index is 3.45. The minimum atomic E-state index is 0.525. The number of rotatable bonds is 9. The summed E-state index contributed by atoms with van der Waals surface area (Å²) in [6.45, 7) is 4.50. The van der Waals surface area contributed by atoms with E-state index in [0.29, 0.717) is 6.04 Å². The topological polar surface area (TPSA) is 12.0 Å². The van der Waals surface area contributed by atoms with Crippen LogP contribution in [-0.4, -0.2) is 7.05 Å². The fraction of sp³-hybridized carbons (Fsp3) is 0.647. The second-order valence-electron chi connectivity index (χ2n) is 5.18. The van der Waals surface area contributed by atoms with Gasteiger partial charge in [0.25, 0.3) is 0 Å². The average Bonchev–Trinajstić information content (AvgIpc) is 2.41. The monoisotopic (exact) mass is 247 g/mol. The molecule has 1 heteroatoms. The van der Waals surface area contributed by atoms with Crippen molar-refractivity contribution in [2.45, 2.75) is 64.8 Å². The predicted octanol–water partition coefficient (Wildman–Crippen LogP) is 4.87. The van der Waals surface area contributed by atoms with Crippen molar-refractivity contribution in [2.24, 2.45) is 0 Å². The van der Waals surface area contributed by atoms with Gasteiger partial charge in [-0.1, -0.05) is 70.2 Å². The highest BCUT2D eigenvalue weighted by Crippen LogP contribution is 2.20. The van der Waals surface area contributed by atoms with E-state index in [1.807, 2.05) is 0 Å². The molecule has 0 heterocycles. The molecule has 0 aliphatic rings. The summed E-state index contributed by atoms with van der Waals surface area (Å²) in [4.78, 5) is 0. The minimum absolute atomic E-state index is 0.525. The molecule has 0 aromatic heterocycles. The molecule has 1 aromatic rings. The van der Waals surface area contributed by atoms with Crippen molar-refractivity contribution in [1.82, 2.24) is 5.32 Å². The van der Waals surface area contributed by atoms with E-state index >= 15 is 0 Å². The molecule has 1 rings (SSSR count). The van der Waals surface area contributed by atoms with Gasteiger partial charge in [-0.05, 0) is 31.0 Å². The Balaban J connectivity index is 2.48. The highest BCUT2D eigenvalue weighted by Gasteiger charge is 2.08. The largest absolute Gasteiger partial charge is 0.313 e. The van der Waals surface area contributed by atoms with E-state index in [1.54, 1.807) is 0 Å². The van der Waals surface area contributed by atoms with Gasteiger partial charge in [0.1, 0.15) is 0 Å². The molecule has 1 N–H and O–H groups in total. The quantitative estimate of drug-likeness (QED) is 0.614. The average molecular weight is 247 g/mol. The Kier molecular flexibility index (Phi) is 7.75. The van der Waals surface area contributed by atoms with Crippen LogP contribution in [0.1, 0.15) is 69.5 Å². The molecule has 1 aromatic carbocycles. The molecular formula is C17H29N. The fourth-order valence-electron chi connectivity index (χ4n) is 2.46. The highest BCUT2D eigenvalue weighted by molar-refractivity contribution is 5.25. The summed E-state index contributed by atoms with van der Waals surface area (Å²) in [5, 5.41) is 3.45. The summed E-state index contributed by atoms with van der Waals surface area (Å²) in [6, 6.07) is 9.69. The third kappa shape index (κ3) is 5.22. The Morgan fingerprint density at radius 1 is 0.944 bits per heavy atom. The van der Waals surface area contributed by atoms with Crippen LogP contribution in [0.15, 0.2) is 24.3 Å². The van der Waals surface area contributed by atoms with Crippen LogP contribution in [0.3, 0.4) is 0 Å². The van der Waals surface area contributed by atoms with E-state index in [2.05, 4.69) is 50.5 Å². The van der Waals surface area contributed by atoms with Crippen LogP contribution in [0.2, 0.25) is 0 Å². The molecule has 102 valence electrons. The molecule has 0 saturated heterocycles. The van der Waals surface area contributed by atoms with Crippen molar-refractivity contribution >= 4 is 0 Å². The van der Waals surface area contributed by atoms with Crippen molar-refractivity contribution in [3.8, 4) is 0 Å². The Labute approximate surface area is 113 Å². The Morgan fingerprint density at radius 3 is 2.22 bits per heavy atom. The lowest BCUT2D eigenvalue weighted by molar-refractivity contribution is 0.505. The Bertz CT molecular complexity index is 302. The van der Waals surface area contributed by atoms with Gasteiger partial charge in [-0.3, -0.25) is 0 Å². The zero-order valence-electron chi connectivity index (χ0n) is 12.3. The summed E-state index contributed by atoms with van der Waals surface area (Å²) in [7, 11) is 2.07. The van der Waals surface area contributed by atoms with Crippen LogP contribution in [0, 0.1) is 0 Å². The summed E-state index contributed by atoms with van der Waals surface area (Å²) >= 11 is 0. The Hall–Kier alpha value is -0.820. The molecule has 0 amide bonds. The molecule has 0 radical (unpaired) electrons. The van der Waals surface area contributed by atoms with Gasteiger partial charge in [-0.2, -0.15) is 0 Å². The predicted molar refractivity (Wildman–Crippen MR) is 81.0 cm³/mol. The molecule has 1 unspecified atom stereocenters. The van der Waals surface area contributed by atoms with Gasteiger partial charge in [-0.25, -0.2) is 0 Å². The molecule has 0 spiro atoms. The Morgan fingerprint density at radius 2 is 1.67 bits per heavy atom. The van der Waals surface area contributed by atoms with Crippen LogP contribution in [-0.2, 0) is 6.42 Å². The van der Waals surface area contributed by atoms with Crippen molar-refractivity contribution in [3.05, 3.63) is 35.4 Å². The van der Waals surface area contributed by atoms with Crippen LogP contribution in [0.5, 0.6) is 0 Å². The maximum atomic E-state index is 3.45. The number of aryl methyl sites for hydroxylation is 1. The zero-order chi connectivity index (χ0) is 13.2. The summed E-state index contributed by atoms with van der Waals surface area (Å²) < 4.78 is 0. The van der Waals surface area contributed by atoms with E-state index in [1.165, 1.54) is 56.1 Å². The number of nitrogens with one attached hydrogen (secondary N) is 1. The molecule has 0 fully saturated rings. The molecular weight excluding hydrogens is 218 g/mol. The SMILES string of the molecule is CCCCCCC(NC)c1ccc(CCC)cc1. The molecule has 1 atom stereocenters. The van der Waals surface area contributed by atoms with Gasteiger partial charge >= 0.3 is 0 Å². The second kappa shape index (κ2) is 9.16. The fourth-order valence-corrected chi connectivity index (χ4v) is 2.46. The molecule has 1 nitrogen and oxygen atoms in total. The standard InChI is InChI=1S/C17H29N/c1-4-6-7-8-10-17(18-3)16-13-11-15(9-5-2)12-14-16/h11-14,17-18H,4-10H2,1-3H3. The van der Waals surface area contributed by atoms with Crippen LogP contribution < -0.4 is 5.32 Å². The maximum Gasteiger partial charge on any atom is 0.0317 e. The summed E-state index contributed by atoms with van der Waals surface area (Å²) in [6.07, 6.45) is 9.05. The van der Waals surface area contributed by atoms with Gasteiger partial charge < -0.3 is 5.32 Å². The molecule has 0 aliphatic carbocycles. The molecule has 0 aliphatic heterocycles. The number of hydrogen-bond acceptors (Lipinski definition) is 1. The first-order valence-electron chi connectivity index (χ1n) is 7.57. The third-order valence-electron chi connectivity index (χ3n) is 3.62. The van der Waals surface area contributed by atoms with Crippen LogP contribution in [0.25, 0.3) is 0 Å². The lowest BCUT2D eigenvalue weighted by Crippen LogP contribution is -2.16. The molecule has 0 saturated carbocycles. The summed E-state index contributed by atoms with van der Waals surface area (Å²) in [5.74, 6) is 0. The van der Waals surface area contributed by atoms with E-state index in [-0.39, 0.29) is 0 Å². The van der Waals surface area contributed by atoms with E-state index in [4.69, 9.17) is 0 Å². The minimum Gasteiger partial charge on any atom is -0.313 e. The van der Waals surface area contributed by atoms with Gasteiger partial charge in [0.2, 0.25) is 0 Å². The van der Waals surface area contributed by atoms with Gasteiger partial charge in [0, 0.05) is 6.04 Å². The lowest BCUT2D eigenvalue weighted by atomic mass is 9.98. The van der Waals surface area contributed by atoms with Crippen LogP contribution in [0.4, 0.5) is 0 Å². The highest BCUT2D eigenvalue weighted by atomic mass is 14.9. The first kappa shape index (κ1) is 15.2. The number of benzene rings is 1. The number of unbranched alkanes of at least 4 members (excludes halogenated alkanes) is 3. The van der Waals surface area contributed by atoms with Crippen molar-refractivity contribution in [2.75, 3.05) is 7.05 Å². The van der Waals surface area contributed by atoms with E-state index < -0.39 is 0 Å². The molecule has 0 bridgehead atoms. The zero-order valence-corrected chi connectivity index (χ0v) is 12.3. The van der Waals surface area contributed by atoms with Crippen LogP contribution >= 0.6 is 0 Å². The smallest absolute Gasteiger partial charge is 0.0317 e. The number of hydrogen-bond donors (Lipinski definition) is 1. The molecule has 18 heavy (non-hydrogen) atoms. The summed E-state index contributed by atoms with van der Waals surface area (Å²) in [5.41, 5.74) is 2.90. The first-order valence-corrected chi connectivity index (χ1v) is 7.57. The van der Waals surface area contributed by atoms with Gasteiger partial charge in [-0.15, -0.1) is 0 Å². The third-order valence-corrected chi connectivity index (χ3v) is 3.62. The second-order valence-corrected chi connectivity index (χ2v) is 5.18. The van der Waals surface area contributed by atoms with Crippen molar-refractivity contribution in [3.63, 3.8) is 0 Å². The van der Waals surface area contributed by atoms with Gasteiger partial charge in [0.05, 0.1) is 0 Å². The van der Waals surface area contributed by atoms with Crippen molar-refractivity contribution < 1.29 is 0 Å². The van der Waals surface area contributed by atoms with Crippen molar-refractivity contribution in [1.29, 1.82) is 0 Å². The normalized spacial score (nSPS) is 12.6. The van der Waals surface area contributed by atoms with E-state index in [9.17, 15) is 0 Å². The van der Waals surface area contributed by atoms with Gasteiger partial charge in [0.15, 0.2) is 0 Å². The lowest BCUT2D eigenvalue weighted by Gasteiger charge is -2.17. The van der Waals surface area contributed by atoms with E-state index in [0.717, 1.165) is 0 Å².